The van der Waals surface area contributed by atoms with Crippen LogP contribution in [0.1, 0.15) is 11.1 Å². The highest BCUT2D eigenvalue weighted by atomic mass is 32.2. The van der Waals surface area contributed by atoms with Crippen molar-refractivity contribution >= 4 is 22.0 Å². The van der Waals surface area contributed by atoms with Gasteiger partial charge in [0.2, 0.25) is 10.0 Å². The van der Waals surface area contributed by atoms with E-state index in [1.807, 2.05) is 53.4 Å². The van der Waals surface area contributed by atoms with Crippen LogP contribution in [0.4, 0.5) is 0 Å². The second kappa shape index (κ2) is 12.5. The smallest absolute Gasteiger partial charge is 0.260 e. The Labute approximate surface area is 213 Å². The number of amides is 1. The van der Waals surface area contributed by atoms with Gasteiger partial charge in [-0.25, -0.2) is 13.1 Å². The van der Waals surface area contributed by atoms with Gasteiger partial charge in [-0.05, 0) is 35.4 Å². The molecule has 36 heavy (non-hydrogen) atoms. The predicted molar refractivity (Wildman–Crippen MR) is 141 cm³/mol. The summed E-state index contributed by atoms with van der Waals surface area (Å²) in [5.41, 5.74) is 2.06. The summed E-state index contributed by atoms with van der Waals surface area (Å²) < 4.78 is 33.3. The molecular weight excluding hydrogens is 474 g/mol. The van der Waals surface area contributed by atoms with Gasteiger partial charge < -0.3 is 9.64 Å². The zero-order valence-corrected chi connectivity index (χ0v) is 20.9. The number of nitrogens with one attached hydrogen (secondary N) is 1. The number of piperazine rings is 1. The molecule has 0 spiro atoms. The molecule has 7 nitrogen and oxygen atoms in total. The van der Waals surface area contributed by atoms with Crippen molar-refractivity contribution in [3.8, 4) is 5.75 Å². The Bertz CT molecular complexity index is 1240. The van der Waals surface area contributed by atoms with E-state index in [4.69, 9.17) is 4.74 Å². The van der Waals surface area contributed by atoms with Gasteiger partial charge in [-0.1, -0.05) is 72.8 Å². The van der Waals surface area contributed by atoms with Gasteiger partial charge in [0, 0.05) is 39.3 Å². The topological polar surface area (TPSA) is 78.9 Å². The molecule has 0 unspecified atom stereocenters. The number of carbonyl (C=O) groups excluding carboxylic acids is 1. The minimum absolute atomic E-state index is 0.0734. The third-order valence-electron chi connectivity index (χ3n) is 6.00. The Morgan fingerprint density at radius 3 is 2.17 bits per heavy atom. The first kappa shape index (κ1) is 25.6. The number of nitrogens with zero attached hydrogens (tertiary/aromatic N) is 2. The standard InChI is InChI=1S/C28H31N3O4S/c32-28(31-20-18-30(19-21-31)17-7-12-24-8-3-1-4-9-24)23-35-26-13-15-27(16-14-26)36(33,34)29-22-25-10-5-2-6-11-25/h1-16,29H,17-23H2/b12-7+. The molecule has 0 aliphatic carbocycles. The highest BCUT2D eigenvalue weighted by molar-refractivity contribution is 7.89. The van der Waals surface area contributed by atoms with E-state index in [2.05, 4.69) is 33.9 Å². The lowest BCUT2D eigenvalue weighted by molar-refractivity contribution is -0.135. The molecule has 0 radical (unpaired) electrons. The number of sulfonamides is 1. The Hall–Kier alpha value is -3.46. The highest BCUT2D eigenvalue weighted by Crippen LogP contribution is 2.17. The van der Waals surface area contributed by atoms with Crippen molar-refractivity contribution in [3.63, 3.8) is 0 Å². The van der Waals surface area contributed by atoms with Gasteiger partial charge in [0.15, 0.2) is 6.61 Å². The summed E-state index contributed by atoms with van der Waals surface area (Å²) in [4.78, 5) is 16.9. The van der Waals surface area contributed by atoms with Gasteiger partial charge in [0.1, 0.15) is 5.75 Å². The molecule has 0 saturated carbocycles. The Morgan fingerprint density at radius 1 is 0.861 bits per heavy atom. The van der Waals surface area contributed by atoms with Crippen molar-refractivity contribution in [3.05, 3.63) is 102 Å². The lowest BCUT2D eigenvalue weighted by Crippen LogP contribution is -2.49. The molecular formula is C28H31N3O4S. The van der Waals surface area contributed by atoms with E-state index in [1.54, 1.807) is 12.1 Å². The van der Waals surface area contributed by atoms with E-state index < -0.39 is 10.0 Å². The Morgan fingerprint density at radius 2 is 1.50 bits per heavy atom. The van der Waals surface area contributed by atoms with Crippen LogP contribution in [0.3, 0.4) is 0 Å². The van der Waals surface area contributed by atoms with Gasteiger partial charge in [-0.2, -0.15) is 0 Å². The first-order valence-corrected chi connectivity index (χ1v) is 13.5. The summed E-state index contributed by atoms with van der Waals surface area (Å²) in [7, 11) is -3.64. The second-order valence-corrected chi connectivity index (χ2v) is 10.3. The highest BCUT2D eigenvalue weighted by Gasteiger charge is 2.21. The second-order valence-electron chi connectivity index (χ2n) is 8.56. The number of hydrogen-bond acceptors (Lipinski definition) is 5. The Balaban J connectivity index is 1.19. The first-order chi connectivity index (χ1) is 17.5. The van der Waals surface area contributed by atoms with Crippen molar-refractivity contribution < 1.29 is 17.9 Å². The summed E-state index contributed by atoms with van der Waals surface area (Å²) in [6.45, 7) is 3.93. The molecule has 4 rings (SSSR count). The van der Waals surface area contributed by atoms with Gasteiger partial charge in [-0.15, -0.1) is 0 Å². The molecule has 1 amide bonds. The van der Waals surface area contributed by atoms with Crippen LogP contribution in [0.5, 0.6) is 5.75 Å². The first-order valence-electron chi connectivity index (χ1n) is 12.0. The maximum Gasteiger partial charge on any atom is 0.260 e. The van der Waals surface area contributed by atoms with Crippen molar-refractivity contribution in [2.75, 3.05) is 39.3 Å². The zero-order valence-electron chi connectivity index (χ0n) is 20.1. The van der Waals surface area contributed by atoms with Gasteiger partial charge in [-0.3, -0.25) is 9.69 Å². The van der Waals surface area contributed by atoms with Crippen LogP contribution in [0.15, 0.2) is 95.9 Å². The molecule has 1 aliphatic rings. The predicted octanol–water partition coefficient (Wildman–Crippen LogP) is 3.40. The molecule has 0 bridgehead atoms. The minimum atomic E-state index is -3.64. The lowest BCUT2D eigenvalue weighted by atomic mass is 10.2. The molecule has 1 aliphatic heterocycles. The molecule has 0 atom stereocenters. The maximum atomic E-state index is 12.6. The SMILES string of the molecule is O=C(COc1ccc(S(=O)(=O)NCc2ccccc2)cc1)N1CCN(C/C=C/c2ccccc2)CC1. The minimum Gasteiger partial charge on any atom is -0.484 e. The van der Waals surface area contributed by atoms with Crippen molar-refractivity contribution in [1.82, 2.24) is 14.5 Å². The zero-order chi connectivity index (χ0) is 25.2. The van der Waals surface area contributed by atoms with E-state index in [9.17, 15) is 13.2 Å². The van der Waals surface area contributed by atoms with Crippen LogP contribution < -0.4 is 9.46 Å². The van der Waals surface area contributed by atoms with E-state index in [-0.39, 0.29) is 24.0 Å². The summed E-state index contributed by atoms with van der Waals surface area (Å²) in [5, 5.41) is 0. The summed E-state index contributed by atoms with van der Waals surface area (Å²) in [6.07, 6.45) is 4.26. The number of benzene rings is 3. The van der Waals surface area contributed by atoms with Gasteiger partial charge >= 0.3 is 0 Å². The van der Waals surface area contributed by atoms with Gasteiger partial charge in [0.25, 0.3) is 5.91 Å². The summed E-state index contributed by atoms with van der Waals surface area (Å²) in [5.74, 6) is 0.380. The molecule has 188 valence electrons. The molecule has 1 fully saturated rings. The van der Waals surface area contributed by atoms with Crippen molar-refractivity contribution in [2.24, 2.45) is 0 Å². The Kier molecular flexibility index (Phi) is 8.89. The monoisotopic (exact) mass is 505 g/mol. The molecule has 1 saturated heterocycles. The van der Waals surface area contributed by atoms with E-state index in [0.717, 1.165) is 25.2 Å². The average Bonchev–Trinajstić information content (AvgIpc) is 2.92. The van der Waals surface area contributed by atoms with Crippen LogP contribution in [0.2, 0.25) is 0 Å². The third kappa shape index (κ3) is 7.52. The van der Waals surface area contributed by atoms with E-state index in [0.29, 0.717) is 18.8 Å². The van der Waals surface area contributed by atoms with E-state index in [1.165, 1.54) is 17.7 Å². The summed E-state index contributed by atoms with van der Waals surface area (Å²) >= 11 is 0. The normalized spacial score (nSPS) is 14.7. The molecule has 1 N–H and O–H groups in total. The van der Waals surface area contributed by atoms with E-state index >= 15 is 0 Å². The third-order valence-corrected chi connectivity index (χ3v) is 7.42. The van der Waals surface area contributed by atoms with Crippen LogP contribution in [0, 0.1) is 0 Å². The molecule has 8 heteroatoms. The lowest BCUT2D eigenvalue weighted by Gasteiger charge is -2.34. The van der Waals surface area contributed by atoms with Crippen LogP contribution >= 0.6 is 0 Å². The fourth-order valence-electron chi connectivity index (χ4n) is 3.89. The average molecular weight is 506 g/mol. The number of hydrogen-bond donors (Lipinski definition) is 1. The summed E-state index contributed by atoms with van der Waals surface area (Å²) in [6, 6.07) is 25.6. The molecule has 3 aromatic carbocycles. The quantitative estimate of drug-likeness (QED) is 0.457. The fourth-order valence-corrected chi connectivity index (χ4v) is 4.91. The van der Waals surface area contributed by atoms with Crippen LogP contribution in [0.25, 0.3) is 6.08 Å². The molecule has 0 aromatic heterocycles. The van der Waals surface area contributed by atoms with Crippen LogP contribution in [-0.4, -0.2) is 63.5 Å². The van der Waals surface area contributed by atoms with Gasteiger partial charge in [0.05, 0.1) is 4.90 Å². The van der Waals surface area contributed by atoms with Crippen LogP contribution in [-0.2, 0) is 21.4 Å². The maximum absolute atomic E-state index is 12.6. The molecule has 3 aromatic rings. The molecule has 1 heterocycles. The largest absolute Gasteiger partial charge is 0.484 e. The van der Waals surface area contributed by atoms with Crippen molar-refractivity contribution in [2.45, 2.75) is 11.4 Å². The fraction of sp³-hybridized carbons (Fsp3) is 0.250. The number of carbonyl (C=O) groups is 1. The number of rotatable bonds is 10. The van der Waals surface area contributed by atoms with Crippen molar-refractivity contribution in [1.29, 1.82) is 0 Å². The number of ether oxygens (including phenoxy) is 1.